The van der Waals surface area contributed by atoms with E-state index in [0.717, 1.165) is 51.4 Å². The zero-order chi connectivity index (χ0) is 23.6. The number of non-ortho nitro benzene ring substituents is 1. The highest BCUT2D eigenvalue weighted by Gasteiger charge is 2.34. The highest BCUT2D eigenvalue weighted by Crippen LogP contribution is 2.23. The average Bonchev–Trinajstić information content (AvgIpc) is 3.05. The van der Waals surface area contributed by atoms with Gasteiger partial charge in [-0.2, -0.15) is 0 Å². The first-order chi connectivity index (χ1) is 16.0. The Balaban J connectivity index is 1.19. The summed E-state index contributed by atoms with van der Waals surface area (Å²) < 4.78 is 0. The molecule has 0 bridgehead atoms. The van der Waals surface area contributed by atoms with E-state index in [1.165, 1.54) is 29.2 Å². The van der Waals surface area contributed by atoms with Gasteiger partial charge in [-0.05, 0) is 37.1 Å². The number of amides is 3. The van der Waals surface area contributed by atoms with Gasteiger partial charge < -0.3 is 5.32 Å². The summed E-state index contributed by atoms with van der Waals surface area (Å²) >= 11 is 0. The second kappa shape index (κ2) is 11.9. The number of nitrogens with zero attached hydrogens (tertiary/aromatic N) is 2. The van der Waals surface area contributed by atoms with Gasteiger partial charge >= 0.3 is 0 Å². The van der Waals surface area contributed by atoms with Gasteiger partial charge in [0.15, 0.2) is 0 Å². The molecule has 174 valence electrons. The summed E-state index contributed by atoms with van der Waals surface area (Å²) in [6, 6.07) is 12.8. The number of unbranched alkanes of at least 4 members (excludes halogenated alkanes) is 7. The minimum atomic E-state index is -0.472. The van der Waals surface area contributed by atoms with Crippen LogP contribution >= 0.6 is 0 Å². The quantitative estimate of drug-likeness (QED) is 0.191. The molecule has 0 atom stereocenters. The van der Waals surface area contributed by atoms with E-state index < -0.39 is 4.92 Å². The Kier molecular flexibility index (Phi) is 8.69. The lowest BCUT2D eigenvalue weighted by atomic mass is 10.1. The molecule has 3 rings (SSSR count). The van der Waals surface area contributed by atoms with E-state index in [1.54, 1.807) is 24.3 Å². The fraction of sp³-hybridized carbons (Fsp3) is 0.400. The second-order valence-corrected chi connectivity index (χ2v) is 8.24. The van der Waals surface area contributed by atoms with E-state index in [-0.39, 0.29) is 23.4 Å². The topological polar surface area (TPSA) is 110 Å². The second-order valence-electron chi connectivity index (χ2n) is 8.24. The zero-order valence-corrected chi connectivity index (χ0v) is 18.6. The van der Waals surface area contributed by atoms with Gasteiger partial charge in [-0.25, -0.2) is 0 Å². The van der Waals surface area contributed by atoms with Crippen molar-refractivity contribution in [1.29, 1.82) is 0 Å². The van der Waals surface area contributed by atoms with Gasteiger partial charge in [0.05, 0.1) is 16.1 Å². The molecule has 1 aliphatic heterocycles. The molecule has 0 aliphatic carbocycles. The number of rotatable bonds is 13. The Morgan fingerprint density at radius 3 is 1.85 bits per heavy atom. The Labute approximate surface area is 193 Å². The van der Waals surface area contributed by atoms with Crippen LogP contribution in [0, 0.1) is 10.1 Å². The normalized spacial score (nSPS) is 12.7. The average molecular weight is 452 g/mol. The largest absolute Gasteiger partial charge is 0.326 e. The van der Waals surface area contributed by atoms with Gasteiger partial charge in [0.1, 0.15) is 0 Å². The number of fused-ring (bicyclic) bond motifs is 1. The van der Waals surface area contributed by atoms with Crippen LogP contribution < -0.4 is 5.32 Å². The monoisotopic (exact) mass is 451 g/mol. The maximum Gasteiger partial charge on any atom is 0.269 e. The standard InChI is InChI=1S/C25H29N3O5/c29-23(26-19-14-16-20(17-15-19)28(32)33)13-7-5-3-1-2-4-6-10-18-27-24(30)21-11-8-9-12-22(21)25(27)31/h8-9,11-12,14-17H,1-7,10,13,18H2,(H,26,29). The number of anilines is 1. The zero-order valence-electron chi connectivity index (χ0n) is 18.6. The molecule has 0 saturated carbocycles. The third kappa shape index (κ3) is 6.71. The van der Waals surface area contributed by atoms with Crippen LogP contribution in [0.2, 0.25) is 0 Å². The van der Waals surface area contributed by atoms with E-state index in [9.17, 15) is 24.5 Å². The number of carbonyl (C=O) groups excluding carboxylic acids is 3. The van der Waals surface area contributed by atoms with Crippen LogP contribution in [0.4, 0.5) is 11.4 Å². The number of hydrogen-bond donors (Lipinski definition) is 1. The lowest BCUT2D eigenvalue weighted by molar-refractivity contribution is -0.384. The van der Waals surface area contributed by atoms with Crippen LogP contribution in [0.3, 0.4) is 0 Å². The van der Waals surface area contributed by atoms with Crippen molar-refractivity contribution in [2.75, 3.05) is 11.9 Å². The summed E-state index contributed by atoms with van der Waals surface area (Å²) in [5.74, 6) is -0.460. The number of hydrogen-bond acceptors (Lipinski definition) is 5. The number of imide groups is 1. The van der Waals surface area contributed by atoms with Crippen LogP contribution in [-0.2, 0) is 4.79 Å². The maximum absolute atomic E-state index is 12.3. The van der Waals surface area contributed by atoms with Crippen molar-refractivity contribution < 1.29 is 19.3 Å². The van der Waals surface area contributed by atoms with E-state index in [2.05, 4.69) is 5.32 Å². The molecular weight excluding hydrogens is 422 g/mol. The maximum atomic E-state index is 12.3. The van der Waals surface area contributed by atoms with E-state index in [4.69, 9.17) is 0 Å². The minimum absolute atomic E-state index is 0.00316. The Morgan fingerprint density at radius 2 is 1.30 bits per heavy atom. The predicted octanol–water partition coefficient (Wildman–Crippen LogP) is 5.34. The minimum Gasteiger partial charge on any atom is -0.326 e. The van der Waals surface area contributed by atoms with Crippen molar-refractivity contribution in [3.8, 4) is 0 Å². The molecule has 33 heavy (non-hydrogen) atoms. The third-order valence-corrected chi connectivity index (χ3v) is 5.78. The molecular formula is C25H29N3O5. The highest BCUT2D eigenvalue weighted by molar-refractivity contribution is 6.21. The molecule has 0 fully saturated rings. The van der Waals surface area contributed by atoms with Crippen molar-refractivity contribution in [2.24, 2.45) is 0 Å². The Hall–Kier alpha value is -3.55. The molecule has 2 aromatic carbocycles. The third-order valence-electron chi connectivity index (χ3n) is 5.78. The molecule has 0 unspecified atom stereocenters. The van der Waals surface area contributed by atoms with Crippen molar-refractivity contribution >= 4 is 29.1 Å². The van der Waals surface area contributed by atoms with Crippen LogP contribution in [0.1, 0.15) is 78.5 Å². The van der Waals surface area contributed by atoms with Crippen molar-refractivity contribution in [3.63, 3.8) is 0 Å². The molecule has 1 N–H and O–H groups in total. The summed E-state index contributed by atoms with van der Waals surface area (Å²) in [5, 5.41) is 13.4. The summed E-state index contributed by atoms with van der Waals surface area (Å²) in [4.78, 5) is 48.1. The van der Waals surface area contributed by atoms with Crippen LogP contribution in [0.15, 0.2) is 48.5 Å². The molecule has 3 amide bonds. The van der Waals surface area contributed by atoms with Crippen molar-refractivity contribution in [2.45, 2.75) is 57.8 Å². The first kappa shape index (κ1) is 24.1. The lowest BCUT2D eigenvalue weighted by Crippen LogP contribution is -2.30. The van der Waals surface area contributed by atoms with Crippen LogP contribution in [0.5, 0.6) is 0 Å². The summed E-state index contributed by atoms with van der Waals surface area (Å²) in [7, 11) is 0. The smallest absolute Gasteiger partial charge is 0.269 e. The van der Waals surface area contributed by atoms with E-state index >= 15 is 0 Å². The fourth-order valence-corrected chi connectivity index (χ4v) is 3.95. The van der Waals surface area contributed by atoms with Gasteiger partial charge in [-0.15, -0.1) is 0 Å². The molecule has 0 spiro atoms. The van der Waals surface area contributed by atoms with Gasteiger partial charge in [0, 0.05) is 30.8 Å². The predicted molar refractivity (Wildman–Crippen MR) is 125 cm³/mol. The number of nitro groups is 1. The van der Waals surface area contributed by atoms with E-state index in [0.29, 0.717) is 29.8 Å². The summed E-state index contributed by atoms with van der Waals surface area (Å²) in [6.45, 7) is 0.468. The van der Waals surface area contributed by atoms with Crippen LogP contribution in [-0.4, -0.2) is 34.1 Å². The summed E-state index contributed by atoms with van der Waals surface area (Å²) in [5.41, 5.74) is 1.57. The number of nitrogens with one attached hydrogen (secondary N) is 1. The first-order valence-corrected chi connectivity index (χ1v) is 11.5. The molecule has 1 heterocycles. The lowest BCUT2D eigenvalue weighted by Gasteiger charge is -2.13. The fourth-order valence-electron chi connectivity index (χ4n) is 3.95. The first-order valence-electron chi connectivity index (χ1n) is 11.5. The van der Waals surface area contributed by atoms with Gasteiger partial charge in [-0.1, -0.05) is 50.7 Å². The van der Waals surface area contributed by atoms with Gasteiger partial charge in [-0.3, -0.25) is 29.4 Å². The SMILES string of the molecule is O=C(CCCCCCCCCCN1C(=O)c2ccccc2C1=O)Nc1ccc([N+](=O)[O-])cc1. The number of benzene rings is 2. The molecule has 8 nitrogen and oxygen atoms in total. The van der Waals surface area contributed by atoms with E-state index in [1.807, 2.05) is 0 Å². The molecule has 1 aliphatic rings. The Morgan fingerprint density at radius 1 is 0.788 bits per heavy atom. The number of carbonyl (C=O) groups is 3. The van der Waals surface area contributed by atoms with Crippen molar-refractivity contribution in [1.82, 2.24) is 4.90 Å². The molecule has 8 heteroatoms. The number of nitro benzene ring substituents is 1. The molecule has 0 saturated heterocycles. The highest BCUT2D eigenvalue weighted by atomic mass is 16.6. The van der Waals surface area contributed by atoms with Gasteiger partial charge in [0.25, 0.3) is 17.5 Å². The van der Waals surface area contributed by atoms with Crippen molar-refractivity contribution in [3.05, 3.63) is 69.8 Å². The van der Waals surface area contributed by atoms with Gasteiger partial charge in [0.2, 0.25) is 5.91 Å². The Bertz CT molecular complexity index is 968. The molecule has 0 radical (unpaired) electrons. The molecule has 0 aromatic heterocycles. The van der Waals surface area contributed by atoms with Crippen LogP contribution in [0.25, 0.3) is 0 Å². The molecule has 2 aromatic rings. The summed E-state index contributed by atoms with van der Waals surface area (Å²) in [6.07, 6.45) is 8.30.